The number of pyridine rings is 1. The van der Waals surface area contributed by atoms with Crippen LogP contribution in [0.2, 0.25) is 0 Å². The summed E-state index contributed by atoms with van der Waals surface area (Å²) >= 11 is 5.93. The number of hydrogen-bond donors (Lipinski definition) is 1. The van der Waals surface area contributed by atoms with Crippen LogP contribution in [0.3, 0.4) is 0 Å². The highest BCUT2D eigenvalue weighted by atomic mass is 35.5. The fraction of sp³-hybridized carbons (Fsp3) is 0.438. The van der Waals surface area contributed by atoms with Crippen molar-refractivity contribution in [2.24, 2.45) is 0 Å². The van der Waals surface area contributed by atoms with Gasteiger partial charge in [0.05, 0.1) is 5.52 Å². The van der Waals surface area contributed by atoms with Crippen LogP contribution in [-0.2, 0) is 0 Å². The van der Waals surface area contributed by atoms with Gasteiger partial charge in [0, 0.05) is 28.2 Å². The lowest BCUT2D eigenvalue weighted by Gasteiger charge is -2.31. The first-order chi connectivity index (χ1) is 9.08. The van der Waals surface area contributed by atoms with Gasteiger partial charge < -0.3 is 5.32 Å². The average Bonchev–Trinajstić information content (AvgIpc) is 2.39. The van der Waals surface area contributed by atoms with Gasteiger partial charge in [0.15, 0.2) is 0 Å². The minimum atomic E-state index is 0.0261. The Morgan fingerprint density at radius 3 is 2.74 bits per heavy atom. The maximum absolute atomic E-state index is 5.93. The van der Waals surface area contributed by atoms with Crippen LogP contribution in [-0.4, -0.2) is 16.4 Å². The Bertz CT molecular complexity index is 568. The number of hydrogen-bond acceptors (Lipinski definition) is 2. The van der Waals surface area contributed by atoms with Crippen LogP contribution in [0, 0.1) is 6.92 Å². The summed E-state index contributed by atoms with van der Waals surface area (Å²) in [6.45, 7) is 6.44. The summed E-state index contributed by atoms with van der Waals surface area (Å²) in [7, 11) is 0. The predicted molar refractivity (Wildman–Crippen MR) is 84.1 cm³/mol. The number of alkyl halides is 1. The van der Waals surface area contributed by atoms with E-state index in [1.807, 2.05) is 13.0 Å². The summed E-state index contributed by atoms with van der Waals surface area (Å²) in [4.78, 5) is 4.57. The largest absolute Gasteiger partial charge is 0.379 e. The fourth-order valence-electron chi connectivity index (χ4n) is 2.27. The summed E-state index contributed by atoms with van der Waals surface area (Å²) in [6, 6.07) is 10.4. The molecule has 0 saturated heterocycles. The van der Waals surface area contributed by atoms with Crippen molar-refractivity contribution in [3.63, 3.8) is 0 Å². The first kappa shape index (κ1) is 14.1. The molecule has 19 heavy (non-hydrogen) atoms. The van der Waals surface area contributed by atoms with Gasteiger partial charge in [-0.1, -0.05) is 25.1 Å². The minimum absolute atomic E-state index is 0.0261. The molecule has 0 saturated carbocycles. The van der Waals surface area contributed by atoms with Crippen molar-refractivity contribution >= 4 is 28.2 Å². The second-order valence-corrected chi connectivity index (χ2v) is 5.68. The molecule has 0 bridgehead atoms. The number of nitrogens with one attached hydrogen (secondary N) is 1. The molecule has 0 spiro atoms. The van der Waals surface area contributed by atoms with E-state index in [4.69, 9.17) is 11.6 Å². The fourth-order valence-corrected chi connectivity index (χ4v) is 2.69. The standard InChI is InChI=1S/C16H21ClN2/c1-4-16(3,9-10-17)19-15-11-12(2)18-14-8-6-5-7-13(14)15/h5-8,11H,4,9-10H2,1-3H3,(H,18,19). The number of para-hydroxylation sites is 1. The molecular formula is C16H21ClN2. The minimum Gasteiger partial charge on any atom is -0.379 e. The first-order valence-electron chi connectivity index (χ1n) is 6.78. The number of aryl methyl sites for hydroxylation is 1. The zero-order chi connectivity index (χ0) is 13.9. The maximum Gasteiger partial charge on any atom is 0.0725 e. The molecule has 2 aromatic rings. The second kappa shape index (κ2) is 5.79. The van der Waals surface area contributed by atoms with Gasteiger partial charge >= 0.3 is 0 Å². The van der Waals surface area contributed by atoms with Crippen LogP contribution in [0.4, 0.5) is 5.69 Å². The van der Waals surface area contributed by atoms with Gasteiger partial charge in [0.25, 0.3) is 0 Å². The first-order valence-corrected chi connectivity index (χ1v) is 7.32. The lowest BCUT2D eigenvalue weighted by Crippen LogP contribution is -2.34. The van der Waals surface area contributed by atoms with Crippen molar-refractivity contribution in [3.05, 3.63) is 36.0 Å². The van der Waals surface area contributed by atoms with Crippen LogP contribution in [0.15, 0.2) is 30.3 Å². The Hall–Kier alpha value is -1.28. The van der Waals surface area contributed by atoms with Gasteiger partial charge in [-0.2, -0.15) is 0 Å². The van der Waals surface area contributed by atoms with E-state index in [-0.39, 0.29) is 5.54 Å². The number of anilines is 1. The van der Waals surface area contributed by atoms with Crippen LogP contribution in [0.25, 0.3) is 10.9 Å². The Morgan fingerprint density at radius 1 is 1.32 bits per heavy atom. The molecule has 3 heteroatoms. The topological polar surface area (TPSA) is 24.9 Å². The van der Waals surface area contributed by atoms with Gasteiger partial charge in [-0.15, -0.1) is 11.6 Å². The van der Waals surface area contributed by atoms with Gasteiger partial charge in [-0.25, -0.2) is 0 Å². The van der Waals surface area contributed by atoms with Crippen LogP contribution >= 0.6 is 11.6 Å². The molecule has 0 aliphatic heterocycles. The van der Waals surface area contributed by atoms with Crippen LogP contribution in [0.5, 0.6) is 0 Å². The van der Waals surface area contributed by atoms with Crippen molar-refractivity contribution in [2.45, 2.75) is 39.2 Å². The molecule has 1 aromatic heterocycles. The highest BCUT2D eigenvalue weighted by Gasteiger charge is 2.21. The molecular weight excluding hydrogens is 256 g/mol. The summed E-state index contributed by atoms with van der Waals surface area (Å²) in [5.41, 5.74) is 3.25. The van der Waals surface area contributed by atoms with E-state index in [9.17, 15) is 0 Å². The Kier molecular flexibility index (Phi) is 4.31. The van der Waals surface area contributed by atoms with Gasteiger partial charge in [0.1, 0.15) is 0 Å². The molecule has 102 valence electrons. The SMILES string of the molecule is CCC(C)(CCCl)Nc1cc(C)nc2ccccc12. The Balaban J connectivity index is 2.44. The van der Waals surface area contributed by atoms with E-state index in [0.717, 1.165) is 29.7 Å². The van der Waals surface area contributed by atoms with Gasteiger partial charge in [0.2, 0.25) is 0 Å². The maximum atomic E-state index is 5.93. The molecule has 0 aliphatic carbocycles. The van der Waals surface area contributed by atoms with Crippen molar-refractivity contribution in [2.75, 3.05) is 11.2 Å². The van der Waals surface area contributed by atoms with Crippen molar-refractivity contribution in [3.8, 4) is 0 Å². The van der Waals surface area contributed by atoms with Crippen LogP contribution in [0.1, 0.15) is 32.4 Å². The van der Waals surface area contributed by atoms with E-state index in [0.29, 0.717) is 5.88 Å². The molecule has 0 fully saturated rings. The van der Waals surface area contributed by atoms with E-state index < -0.39 is 0 Å². The van der Waals surface area contributed by atoms with Gasteiger partial charge in [-0.05, 0) is 38.8 Å². The molecule has 1 unspecified atom stereocenters. The zero-order valence-electron chi connectivity index (χ0n) is 11.8. The number of fused-ring (bicyclic) bond motifs is 1. The molecule has 1 N–H and O–H groups in total. The number of nitrogens with zero attached hydrogens (tertiary/aromatic N) is 1. The smallest absolute Gasteiger partial charge is 0.0725 e. The second-order valence-electron chi connectivity index (χ2n) is 5.31. The molecule has 0 amide bonds. The van der Waals surface area contributed by atoms with Crippen molar-refractivity contribution < 1.29 is 0 Å². The Morgan fingerprint density at radius 2 is 2.05 bits per heavy atom. The molecule has 2 rings (SSSR count). The van der Waals surface area contributed by atoms with Crippen LogP contribution < -0.4 is 5.32 Å². The third-order valence-corrected chi connectivity index (χ3v) is 3.90. The monoisotopic (exact) mass is 276 g/mol. The normalized spacial score (nSPS) is 14.3. The van der Waals surface area contributed by atoms with Crippen molar-refractivity contribution in [1.82, 2.24) is 4.98 Å². The van der Waals surface area contributed by atoms with E-state index in [1.165, 1.54) is 5.39 Å². The predicted octanol–water partition coefficient (Wildman–Crippen LogP) is 4.75. The van der Waals surface area contributed by atoms with E-state index in [1.54, 1.807) is 0 Å². The molecule has 1 aromatic carbocycles. The van der Waals surface area contributed by atoms with E-state index >= 15 is 0 Å². The summed E-state index contributed by atoms with van der Waals surface area (Å²) in [5.74, 6) is 0.666. The number of benzene rings is 1. The highest BCUT2D eigenvalue weighted by Crippen LogP contribution is 2.28. The summed E-state index contributed by atoms with van der Waals surface area (Å²) in [5, 5.41) is 4.83. The summed E-state index contributed by atoms with van der Waals surface area (Å²) in [6.07, 6.45) is 1.98. The molecule has 2 nitrogen and oxygen atoms in total. The molecule has 1 heterocycles. The third-order valence-electron chi connectivity index (χ3n) is 3.71. The molecule has 0 aliphatic rings. The molecule has 0 radical (unpaired) electrons. The zero-order valence-corrected chi connectivity index (χ0v) is 12.6. The van der Waals surface area contributed by atoms with E-state index in [2.05, 4.69) is 48.4 Å². The van der Waals surface area contributed by atoms with Gasteiger partial charge in [-0.3, -0.25) is 4.98 Å². The van der Waals surface area contributed by atoms with Crippen molar-refractivity contribution in [1.29, 1.82) is 0 Å². The molecule has 1 atom stereocenters. The average molecular weight is 277 g/mol. The number of aromatic nitrogens is 1. The quantitative estimate of drug-likeness (QED) is 0.797. The number of halogens is 1. The highest BCUT2D eigenvalue weighted by molar-refractivity contribution is 6.17. The lowest BCUT2D eigenvalue weighted by molar-refractivity contribution is 0.481. The summed E-state index contributed by atoms with van der Waals surface area (Å²) < 4.78 is 0. The lowest BCUT2D eigenvalue weighted by atomic mass is 9.94. The third kappa shape index (κ3) is 3.19. The number of rotatable bonds is 5. The Labute approximate surface area is 120 Å².